The molecule has 14 heavy (non-hydrogen) atoms. The van der Waals surface area contributed by atoms with Crippen LogP contribution in [0.4, 0.5) is 5.88 Å². The largest absolute Gasteiger partial charge is 0.477 e. The van der Waals surface area contributed by atoms with Crippen molar-refractivity contribution in [2.75, 3.05) is 5.73 Å². The van der Waals surface area contributed by atoms with Gasteiger partial charge in [-0.3, -0.25) is 0 Å². The summed E-state index contributed by atoms with van der Waals surface area (Å²) in [5.41, 5.74) is 5.55. The van der Waals surface area contributed by atoms with Gasteiger partial charge >= 0.3 is 5.97 Å². The Morgan fingerprint density at radius 2 is 2.43 bits per heavy atom. The fraction of sp³-hybridized carbons (Fsp3) is 0. The Kier molecular flexibility index (Phi) is 1.97. The molecule has 0 aliphatic carbocycles. The smallest absolute Gasteiger partial charge is 0.343 e. The number of carboxylic acids is 1. The molecule has 2 aromatic heterocycles. The van der Waals surface area contributed by atoms with Crippen LogP contribution in [0.5, 0.6) is 0 Å². The van der Waals surface area contributed by atoms with Crippen LogP contribution < -0.4 is 5.73 Å². The number of nitrogen functional groups attached to an aromatic ring is 1. The average Bonchev–Trinajstić information content (AvgIpc) is 2.70. The van der Waals surface area contributed by atoms with E-state index >= 15 is 0 Å². The summed E-state index contributed by atoms with van der Waals surface area (Å²) >= 11 is 1.38. The van der Waals surface area contributed by atoms with Crippen LogP contribution in [0.15, 0.2) is 22.0 Å². The van der Waals surface area contributed by atoms with Gasteiger partial charge in [0.15, 0.2) is 5.56 Å². The van der Waals surface area contributed by atoms with E-state index in [-0.39, 0.29) is 17.1 Å². The minimum atomic E-state index is -1.13. The zero-order valence-corrected chi connectivity index (χ0v) is 7.75. The Morgan fingerprint density at radius 1 is 1.64 bits per heavy atom. The van der Waals surface area contributed by atoms with Gasteiger partial charge in [0.05, 0.1) is 4.88 Å². The van der Waals surface area contributed by atoms with Crippen molar-refractivity contribution >= 4 is 23.2 Å². The van der Waals surface area contributed by atoms with E-state index in [1.807, 2.05) is 5.38 Å². The number of nitrogens with two attached hydrogens (primary N) is 1. The average molecular weight is 210 g/mol. The lowest BCUT2D eigenvalue weighted by molar-refractivity contribution is 0.0698. The number of anilines is 1. The highest BCUT2D eigenvalue weighted by Crippen LogP contribution is 2.30. The number of rotatable bonds is 2. The normalized spacial score (nSPS) is 10.3. The van der Waals surface area contributed by atoms with Crippen molar-refractivity contribution in [1.29, 1.82) is 0 Å². The topological polar surface area (TPSA) is 89.4 Å². The molecular weight excluding hydrogens is 204 g/mol. The van der Waals surface area contributed by atoms with E-state index in [4.69, 9.17) is 10.8 Å². The van der Waals surface area contributed by atoms with Crippen LogP contribution >= 0.6 is 11.3 Å². The lowest BCUT2D eigenvalue weighted by Crippen LogP contribution is -2.00. The van der Waals surface area contributed by atoms with Crippen LogP contribution in [0.2, 0.25) is 0 Å². The minimum absolute atomic E-state index is 0.0764. The second kappa shape index (κ2) is 3.15. The van der Waals surface area contributed by atoms with Crippen molar-refractivity contribution in [2.45, 2.75) is 0 Å². The molecule has 0 unspecified atom stereocenters. The van der Waals surface area contributed by atoms with E-state index in [0.717, 1.165) is 4.88 Å². The predicted molar refractivity (Wildman–Crippen MR) is 51.2 cm³/mol. The highest BCUT2D eigenvalue weighted by atomic mass is 32.1. The molecule has 0 saturated carbocycles. The van der Waals surface area contributed by atoms with Crippen molar-refractivity contribution in [3.63, 3.8) is 0 Å². The number of aromatic carboxylic acids is 1. The summed E-state index contributed by atoms with van der Waals surface area (Å²) in [6, 6.07) is 3.56. The second-order valence-corrected chi connectivity index (χ2v) is 3.50. The lowest BCUT2D eigenvalue weighted by atomic mass is 10.2. The number of nitrogens with zero attached hydrogens (tertiary/aromatic N) is 1. The van der Waals surface area contributed by atoms with Crippen molar-refractivity contribution in [3.05, 3.63) is 23.1 Å². The standard InChI is InChI=1S/C8H6N2O3S/c9-7-5(8(11)12)6(10-13-7)4-2-1-3-14-4/h1-3H,9H2,(H,11,12). The van der Waals surface area contributed by atoms with Crippen LogP contribution in [-0.4, -0.2) is 16.2 Å². The number of carboxylic acid groups (broad SMARTS) is 1. The van der Waals surface area contributed by atoms with E-state index in [0.29, 0.717) is 0 Å². The van der Waals surface area contributed by atoms with Crippen LogP contribution in [0.3, 0.4) is 0 Å². The zero-order valence-electron chi connectivity index (χ0n) is 6.93. The van der Waals surface area contributed by atoms with Gasteiger partial charge in [-0.05, 0) is 11.4 Å². The van der Waals surface area contributed by atoms with Gasteiger partial charge in [-0.1, -0.05) is 11.2 Å². The highest BCUT2D eigenvalue weighted by Gasteiger charge is 2.21. The van der Waals surface area contributed by atoms with Gasteiger partial charge in [-0.15, -0.1) is 11.3 Å². The van der Waals surface area contributed by atoms with Gasteiger partial charge in [0.2, 0.25) is 5.88 Å². The Morgan fingerprint density at radius 3 is 3.00 bits per heavy atom. The summed E-state index contributed by atoms with van der Waals surface area (Å²) in [4.78, 5) is 11.5. The maximum absolute atomic E-state index is 10.8. The Balaban J connectivity index is 2.60. The molecule has 0 aliphatic heterocycles. The van der Waals surface area contributed by atoms with Crippen molar-refractivity contribution in [1.82, 2.24) is 5.16 Å². The third kappa shape index (κ3) is 1.25. The van der Waals surface area contributed by atoms with E-state index < -0.39 is 5.97 Å². The monoisotopic (exact) mass is 210 g/mol. The van der Waals surface area contributed by atoms with E-state index in [1.54, 1.807) is 12.1 Å². The zero-order chi connectivity index (χ0) is 10.1. The molecule has 0 fully saturated rings. The van der Waals surface area contributed by atoms with Crippen LogP contribution in [0.25, 0.3) is 10.6 Å². The van der Waals surface area contributed by atoms with E-state index in [9.17, 15) is 4.79 Å². The molecule has 0 spiro atoms. The molecule has 0 aromatic carbocycles. The highest BCUT2D eigenvalue weighted by molar-refractivity contribution is 7.13. The third-order valence-corrected chi connectivity index (χ3v) is 2.56. The number of hydrogen-bond donors (Lipinski definition) is 2. The number of carbonyl (C=O) groups is 1. The molecule has 0 bridgehead atoms. The first-order valence-electron chi connectivity index (χ1n) is 3.72. The molecule has 0 radical (unpaired) electrons. The molecule has 6 heteroatoms. The first kappa shape index (κ1) is 8.76. The van der Waals surface area contributed by atoms with Crippen molar-refractivity contribution in [2.24, 2.45) is 0 Å². The molecule has 3 N–H and O–H groups in total. The lowest BCUT2D eigenvalue weighted by Gasteiger charge is -1.91. The molecular formula is C8H6N2O3S. The Labute approximate surface area is 82.8 Å². The fourth-order valence-corrected chi connectivity index (χ4v) is 1.80. The van der Waals surface area contributed by atoms with Gasteiger partial charge in [0.25, 0.3) is 0 Å². The molecule has 0 atom stereocenters. The number of hydrogen-bond acceptors (Lipinski definition) is 5. The van der Waals surface area contributed by atoms with Crippen molar-refractivity contribution in [3.8, 4) is 10.6 Å². The Bertz CT molecular complexity index is 461. The molecule has 0 aliphatic rings. The maximum atomic E-state index is 10.8. The summed E-state index contributed by atoms with van der Waals surface area (Å²) in [7, 11) is 0. The number of aromatic nitrogens is 1. The summed E-state index contributed by atoms with van der Waals surface area (Å²) in [5, 5.41) is 14.3. The van der Waals surface area contributed by atoms with Crippen LogP contribution in [0, 0.1) is 0 Å². The fourth-order valence-electron chi connectivity index (χ4n) is 1.09. The Hall–Kier alpha value is -1.82. The van der Waals surface area contributed by atoms with Crippen molar-refractivity contribution < 1.29 is 14.4 Å². The van der Waals surface area contributed by atoms with Gasteiger partial charge in [0, 0.05) is 0 Å². The first-order chi connectivity index (χ1) is 6.70. The SMILES string of the molecule is Nc1onc(-c2cccs2)c1C(=O)O. The summed E-state index contributed by atoms with van der Waals surface area (Å²) in [6.07, 6.45) is 0. The summed E-state index contributed by atoms with van der Waals surface area (Å²) in [6.45, 7) is 0. The maximum Gasteiger partial charge on any atom is 0.343 e. The van der Waals surface area contributed by atoms with E-state index in [2.05, 4.69) is 9.68 Å². The van der Waals surface area contributed by atoms with Crippen LogP contribution in [-0.2, 0) is 0 Å². The van der Waals surface area contributed by atoms with Gasteiger partial charge in [-0.2, -0.15) is 0 Å². The third-order valence-electron chi connectivity index (χ3n) is 1.69. The molecule has 2 aromatic rings. The summed E-state index contributed by atoms with van der Waals surface area (Å²) in [5.74, 6) is -1.30. The minimum Gasteiger partial charge on any atom is -0.477 e. The molecule has 0 saturated heterocycles. The van der Waals surface area contributed by atoms with Crippen LogP contribution in [0.1, 0.15) is 10.4 Å². The second-order valence-electron chi connectivity index (χ2n) is 2.55. The van der Waals surface area contributed by atoms with E-state index in [1.165, 1.54) is 11.3 Å². The van der Waals surface area contributed by atoms with Gasteiger partial charge in [-0.25, -0.2) is 4.79 Å². The van der Waals surface area contributed by atoms with Gasteiger partial charge < -0.3 is 15.4 Å². The predicted octanol–water partition coefficient (Wildman–Crippen LogP) is 1.68. The molecule has 0 amide bonds. The quantitative estimate of drug-likeness (QED) is 0.787. The molecule has 5 nitrogen and oxygen atoms in total. The molecule has 2 heterocycles. The first-order valence-corrected chi connectivity index (χ1v) is 4.60. The van der Waals surface area contributed by atoms with Gasteiger partial charge in [0.1, 0.15) is 5.69 Å². The summed E-state index contributed by atoms with van der Waals surface area (Å²) < 4.78 is 4.63. The number of thiophene rings is 1. The molecule has 2 rings (SSSR count). The molecule has 72 valence electrons.